The summed E-state index contributed by atoms with van der Waals surface area (Å²) in [5.41, 5.74) is -0.0466. The summed E-state index contributed by atoms with van der Waals surface area (Å²) >= 11 is 1.47. The lowest BCUT2D eigenvalue weighted by Crippen LogP contribution is -1.96. The topological polar surface area (TPSA) is 96.0 Å². The van der Waals surface area contributed by atoms with Crippen molar-refractivity contribution < 1.29 is 15.1 Å². The van der Waals surface area contributed by atoms with Crippen molar-refractivity contribution in [1.29, 1.82) is 0 Å². The number of phenolic OH excluding ortho intramolecular Hbond substituents is 2. The van der Waals surface area contributed by atoms with Gasteiger partial charge in [-0.3, -0.25) is 15.1 Å². The van der Waals surface area contributed by atoms with Crippen LogP contribution in [-0.4, -0.2) is 32.5 Å². The van der Waals surface area contributed by atoms with Gasteiger partial charge in [0.1, 0.15) is 0 Å². The molecule has 6 nitrogen and oxygen atoms in total. The zero-order valence-electron chi connectivity index (χ0n) is 8.08. The lowest BCUT2D eigenvalue weighted by Gasteiger charge is -2.03. The van der Waals surface area contributed by atoms with Crippen LogP contribution in [0.4, 0.5) is 5.69 Å². The van der Waals surface area contributed by atoms with Gasteiger partial charge >= 0.3 is 5.69 Å². The van der Waals surface area contributed by atoms with Gasteiger partial charge in [-0.15, -0.1) is 11.8 Å². The van der Waals surface area contributed by atoms with Crippen molar-refractivity contribution in [2.45, 2.75) is 0 Å². The molecule has 1 aromatic carbocycles. The van der Waals surface area contributed by atoms with E-state index in [1.807, 2.05) is 0 Å². The molecule has 16 heavy (non-hydrogen) atoms. The van der Waals surface area contributed by atoms with Crippen molar-refractivity contribution in [3.05, 3.63) is 27.8 Å². The second-order valence-corrected chi connectivity index (χ2v) is 4.24. The van der Waals surface area contributed by atoms with Crippen LogP contribution >= 0.6 is 11.8 Å². The molecule has 1 aromatic rings. The molecule has 2 rings (SSSR count). The first-order chi connectivity index (χ1) is 7.59. The summed E-state index contributed by atoms with van der Waals surface area (Å²) in [5.74, 6) is -0.387. The van der Waals surface area contributed by atoms with E-state index in [0.29, 0.717) is 17.2 Å². The Hall–Kier alpha value is -1.76. The molecule has 0 fully saturated rings. The summed E-state index contributed by atoms with van der Waals surface area (Å²) in [4.78, 5) is 14.0. The third-order valence-electron chi connectivity index (χ3n) is 2.10. The van der Waals surface area contributed by atoms with Gasteiger partial charge in [-0.05, 0) is 6.07 Å². The van der Waals surface area contributed by atoms with E-state index in [1.165, 1.54) is 23.9 Å². The van der Waals surface area contributed by atoms with Crippen LogP contribution in [0.5, 0.6) is 11.5 Å². The number of thioether (sulfide) groups is 1. The van der Waals surface area contributed by atoms with Gasteiger partial charge in [0, 0.05) is 23.9 Å². The van der Waals surface area contributed by atoms with Crippen molar-refractivity contribution >= 4 is 22.5 Å². The van der Waals surface area contributed by atoms with Crippen molar-refractivity contribution in [3.8, 4) is 11.5 Å². The predicted octanol–water partition coefficient (Wildman–Crippen LogP) is 1.50. The minimum absolute atomic E-state index is 0.463. The standard InChI is InChI=1S/C9H8N2O4S/c12-7-4-5(9-10-1-2-16-9)3-6(8(7)13)11(14)15/h3-4,12-13H,1-2H2. The zero-order chi connectivity index (χ0) is 11.7. The number of phenols is 2. The minimum atomic E-state index is -0.737. The van der Waals surface area contributed by atoms with Crippen molar-refractivity contribution in [3.63, 3.8) is 0 Å². The summed E-state index contributed by atoms with van der Waals surface area (Å²) in [6, 6.07) is 2.49. The van der Waals surface area contributed by atoms with Crippen LogP contribution in [0, 0.1) is 10.1 Å². The Kier molecular flexibility index (Phi) is 2.69. The predicted molar refractivity (Wildman–Crippen MR) is 60.3 cm³/mol. The number of aliphatic imine (C=N–C) groups is 1. The average molecular weight is 240 g/mol. The lowest BCUT2D eigenvalue weighted by atomic mass is 10.2. The van der Waals surface area contributed by atoms with Gasteiger partial charge in [0.25, 0.3) is 0 Å². The molecule has 0 amide bonds. The van der Waals surface area contributed by atoms with Crippen LogP contribution in [-0.2, 0) is 0 Å². The maximum atomic E-state index is 10.6. The molecule has 1 aliphatic heterocycles. The lowest BCUT2D eigenvalue weighted by molar-refractivity contribution is -0.386. The van der Waals surface area contributed by atoms with Gasteiger partial charge in [-0.2, -0.15) is 0 Å². The highest BCUT2D eigenvalue weighted by molar-refractivity contribution is 8.14. The number of nitro benzene ring substituents is 1. The fourth-order valence-corrected chi connectivity index (χ4v) is 2.22. The maximum Gasteiger partial charge on any atom is 0.315 e. The van der Waals surface area contributed by atoms with Crippen LogP contribution in [0.3, 0.4) is 0 Å². The second-order valence-electron chi connectivity index (χ2n) is 3.16. The molecule has 0 spiro atoms. The quantitative estimate of drug-likeness (QED) is 0.464. The molecule has 0 atom stereocenters. The van der Waals surface area contributed by atoms with Crippen LogP contribution < -0.4 is 0 Å². The number of nitrogens with zero attached hydrogens (tertiary/aromatic N) is 2. The highest BCUT2D eigenvalue weighted by Crippen LogP contribution is 2.37. The van der Waals surface area contributed by atoms with Gasteiger partial charge in [-0.1, -0.05) is 0 Å². The van der Waals surface area contributed by atoms with Crippen molar-refractivity contribution in [2.75, 3.05) is 12.3 Å². The molecule has 1 heterocycles. The Morgan fingerprint density at radius 3 is 2.75 bits per heavy atom. The first kappa shape index (κ1) is 10.7. The molecule has 7 heteroatoms. The summed E-state index contributed by atoms with van der Waals surface area (Å²) < 4.78 is 0. The zero-order valence-corrected chi connectivity index (χ0v) is 8.90. The number of rotatable bonds is 2. The molecule has 0 radical (unpaired) electrons. The van der Waals surface area contributed by atoms with Gasteiger partial charge < -0.3 is 10.2 Å². The monoisotopic (exact) mass is 240 g/mol. The highest BCUT2D eigenvalue weighted by Gasteiger charge is 2.21. The Morgan fingerprint density at radius 2 is 2.19 bits per heavy atom. The van der Waals surface area contributed by atoms with Crippen molar-refractivity contribution in [2.24, 2.45) is 4.99 Å². The van der Waals surface area contributed by atoms with Gasteiger partial charge in [-0.25, -0.2) is 0 Å². The summed E-state index contributed by atoms with van der Waals surface area (Å²) in [6.07, 6.45) is 0. The van der Waals surface area contributed by atoms with Crippen molar-refractivity contribution in [1.82, 2.24) is 0 Å². The summed E-state index contributed by atoms with van der Waals surface area (Å²) in [5, 5.41) is 29.9. The number of hydrogen-bond donors (Lipinski definition) is 2. The summed E-state index contributed by atoms with van der Waals surface area (Å²) in [7, 11) is 0. The Bertz CT molecular complexity index is 487. The first-order valence-corrected chi connectivity index (χ1v) is 5.46. The third kappa shape index (κ3) is 1.81. The Labute approximate surface area is 94.8 Å². The van der Waals surface area contributed by atoms with E-state index < -0.39 is 22.1 Å². The van der Waals surface area contributed by atoms with Gasteiger partial charge in [0.05, 0.1) is 9.97 Å². The molecule has 0 aliphatic carbocycles. The fraction of sp³-hybridized carbons (Fsp3) is 0.222. The molecular weight excluding hydrogens is 232 g/mol. The average Bonchev–Trinajstić information content (AvgIpc) is 2.74. The second kappa shape index (κ2) is 4.01. The normalized spacial score (nSPS) is 14.9. The minimum Gasteiger partial charge on any atom is -0.504 e. The van der Waals surface area contributed by atoms with E-state index in [9.17, 15) is 20.3 Å². The SMILES string of the molecule is O=[N+]([O-])c1cc(C2=NCCS2)cc(O)c1O. The molecule has 0 unspecified atom stereocenters. The van der Waals surface area contributed by atoms with Crippen LogP contribution in [0.2, 0.25) is 0 Å². The van der Waals surface area contributed by atoms with Gasteiger partial charge in [0.15, 0.2) is 5.75 Å². The molecule has 1 aliphatic rings. The van der Waals surface area contributed by atoms with Crippen LogP contribution in [0.25, 0.3) is 0 Å². The molecule has 2 N–H and O–H groups in total. The van der Waals surface area contributed by atoms with E-state index in [1.54, 1.807) is 0 Å². The molecule has 0 aromatic heterocycles. The van der Waals surface area contributed by atoms with E-state index in [2.05, 4.69) is 4.99 Å². The molecule has 0 saturated carbocycles. The number of hydrogen-bond acceptors (Lipinski definition) is 6. The smallest absolute Gasteiger partial charge is 0.315 e. The third-order valence-corrected chi connectivity index (χ3v) is 3.12. The van der Waals surface area contributed by atoms with E-state index in [4.69, 9.17) is 0 Å². The number of aromatic hydroxyl groups is 2. The van der Waals surface area contributed by atoms with Crippen LogP contribution in [0.1, 0.15) is 5.56 Å². The molecule has 0 bridgehead atoms. The summed E-state index contributed by atoms with van der Waals surface area (Å²) in [6.45, 7) is 0.662. The largest absolute Gasteiger partial charge is 0.504 e. The van der Waals surface area contributed by atoms with Crippen LogP contribution in [0.15, 0.2) is 17.1 Å². The molecule has 0 saturated heterocycles. The molecule has 84 valence electrons. The molecular formula is C9H8N2O4S. The Balaban J connectivity index is 2.52. The fourth-order valence-electron chi connectivity index (χ4n) is 1.38. The maximum absolute atomic E-state index is 10.6. The Morgan fingerprint density at radius 1 is 1.44 bits per heavy atom. The van der Waals surface area contributed by atoms with E-state index in [-0.39, 0.29) is 0 Å². The van der Waals surface area contributed by atoms with Gasteiger partial charge in [0.2, 0.25) is 5.75 Å². The van der Waals surface area contributed by atoms with E-state index in [0.717, 1.165) is 5.75 Å². The van der Waals surface area contributed by atoms with E-state index >= 15 is 0 Å². The first-order valence-electron chi connectivity index (χ1n) is 4.47. The number of benzene rings is 1. The number of nitro groups is 1. The highest BCUT2D eigenvalue weighted by atomic mass is 32.2.